The van der Waals surface area contributed by atoms with Gasteiger partial charge in [-0.25, -0.2) is 0 Å². The lowest BCUT2D eigenvalue weighted by atomic mass is 10.2. The molecule has 0 aliphatic heterocycles. The van der Waals surface area contributed by atoms with Crippen LogP contribution in [0.25, 0.3) is 0 Å². The fourth-order valence-corrected chi connectivity index (χ4v) is 1.87. The van der Waals surface area contributed by atoms with Gasteiger partial charge in [0.15, 0.2) is 0 Å². The van der Waals surface area contributed by atoms with Gasteiger partial charge in [-0.2, -0.15) is 0 Å². The molecule has 0 bridgehead atoms. The summed E-state index contributed by atoms with van der Waals surface area (Å²) in [5.41, 5.74) is 0.674. The Morgan fingerprint density at radius 2 is 2.00 bits per heavy atom. The van der Waals surface area contributed by atoms with Gasteiger partial charge in [0.25, 0.3) is 0 Å². The van der Waals surface area contributed by atoms with E-state index in [-0.39, 0.29) is 10.8 Å². The van der Waals surface area contributed by atoms with E-state index in [2.05, 4.69) is 19.2 Å². The quantitative estimate of drug-likeness (QED) is 0.866. The zero-order valence-electron chi connectivity index (χ0n) is 8.89. The summed E-state index contributed by atoms with van der Waals surface area (Å²) in [5, 5.41) is 14.4. The van der Waals surface area contributed by atoms with Crippen LogP contribution in [0.1, 0.15) is 19.4 Å². The summed E-state index contributed by atoms with van der Waals surface area (Å²) in [7, 11) is 0. The van der Waals surface area contributed by atoms with Gasteiger partial charge in [-0.1, -0.05) is 42.8 Å². The topological polar surface area (TPSA) is 39.7 Å². The van der Waals surface area contributed by atoms with Gasteiger partial charge in [-0.3, -0.25) is 0 Å². The summed E-state index contributed by atoms with van der Waals surface area (Å²) in [6, 6.07) is 3.17. The number of quaternary nitrogens is 1. The molecule has 0 saturated heterocycles. The Hall–Kier alpha value is -0.440. The molecule has 0 radical (unpaired) electrons. The van der Waals surface area contributed by atoms with E-state index in [4.69, 9.17) is 23.2 Å². The molecule has 0 unspecified atom stereocenters. The van der Waals surface area contributed by atoms with Crippen molar-refractivity contribution >= 4 is 23.2 Å². The van der Waals surface area contributed by atoms with Crippen molar-refractivity contribution in [3.8, 4) is 5.75 Å². The highest BCUT2D eigenvalue weighted by molar-refractivity contribution is 6.35. The molecule has 2 N–H and O–H groups in total. The third-order valence-corrected chi connectivity index (χ3v) is 2.59. The highest BCUT2D eigenvalue weighted by Crippen LogP contribution is 2.28. The number of hydrogen-bond donors (Lipinski definition) is 1. The van der Waals surface area contributed by atoms with E-state index in [9.17, 15) is 5.11 Å². The van der Waals surface area contributed by atoms with Crippen LogP contribution in [0.5, 0.6) is 5.75 Å². The minimum Gasteiger partial charge on any atom is -0.871 e. The molecule has 84 valence electrons. The summed E-state index contributed by atoms with van der Waals surface area (Å²) in [4.78, 5) is 0. The van der Waals surface area contributed by atoms with Crippen molar-refractivity contribution in [2.75, 3.05) is 6.54 Å². The fraction of sp³-hybridized carbons (Fsp3) is 0.455. The summed E-state index contributed by atoms with van der Waals surface area (Å²) in [5.74, 6) is 0.496. The van der Waals surface area contributed by atoms with E-state index in [0.29, 0.717) is 23.0 Å². The maximum absolute atomic E-state index is 11.6. The van der Waals surface area contributed by atoms with Crippen LogP contribution in [0, 0.1) is 5.92 Å². The molecule has 0 amide bonds. The maximum Gasteiger partial charge on any atom is 0.101 e. The molecule has 1 aromatic rings. The van der Waals surface area contributed by atoms with Crippen molar-refractivity contribution in [3.05, 3.63) is 27.7 Å². The van der Waals surface area contributed by atoms with Crippen LogP contribution in [0.15, 0.2) is 12.1 Å². The molecule has 0 spiro atoms. The lowest BCUT2D eigenvalue weighted by Gasteiger charge is -2.15. The number of nitrogens with two attached hydrogens (primary N) is 1. The molecular formula is C11H15Cl2NO. The second-order valence-electron chi connectivity index (χ2n) is 4.00. The van der Waals surface area contributed by atoms with E-state index >= 15 is 0 Å². The third-order valence-electron chi connectivity index (χ3n) is 2.09. The van der Waals surface area contributed by atoms with Crippen LogP contribution in [0.4, 0.5) is 0 Å². The molecule has 1 aromatic carbocycles. The number of rotatable bonds is 4. The summed E-state index contributed by atoms with van der Waals surface area (Å²) in [6.45, 7) is 5.90. The summed E-state index contributed by atoms with van der Waals surface area (Å²) in [6.07, 6.45) is 0. The molecule has 0 aromatic heterocycles. The van der Waals surface area contributed by atoms with E-state index < -0.39 is 0 Å². The van der Waals surface area contributed by atoms with Crippen molar-refractivity contribution in [3.63, 3.8) is 0 Å². The molecule has 0 aliphatic rings. The Bertz CT molecular complexity index is 340. The first-order valence-corrected chi connectivity index (χ1v) is 5.73. The lowest BCUT2D eigenvalue weighted by Crippen LogP contribution is -2.83. The van der Waals surface area contributed by atoms with Crippen LogP contribution in [0.2, 0.25) is 10.0 Å². The van der Waals surface area contributed by atoms with Gasteiger partial charge in [-0.05, 0) is 12.1 Å². The highest BCUT2D eigenvalue weighted by Gasteiger charge is 2.03. The second-order valence-corrected chi connectivity index (χ2v) is 4.84. The molecule has 0 aliphatic carbocycles. The number of halogens is 2. The molecule has 4 heteroatoms. The van der Waals surface area contributed by atoms with Crippen LogP contribution in [0.3, 0.4) is 0 Å². The minimum atomic E-state index is -0.110. The Morgan fingerprint density at radius 3 is 2.60 bits per heavy atom. The van der Waals surface area contributed by atoms with Gasteiger partial charge < -0.3 is 10.4 Å². The van der Waals surface area contributed by atoms with Crippen molar-refractivity contribution in [2.45, 2.75) is 20.4 Å². The zero-order valence-corrected chi connectivity index (χ0v) is 10.4. The standard InChI is InChI=1S/C11H15Cl2NO/c1-7(2)5-14-6-8-3-9(12)4-10(13)11(8)15/h3-4,7,14-15H,5-6H2,1-2H3. The Morgan fingerprint density at radius 1 is 1.33 bits per heavy atom. The molecule has 0 atom stereocenters. The molecule has 0 fully saturated rings. The van der Waals surface area contributed by atoms with Crippen LogP contribution >= 0.6 is 23.2 Å². The molecule has 1 rings (SSSR count). The zero-order chi connectivity index (χ0) is 11.4. The van der Waals surface area contributed by atoms with Crippen LogP contribution < -0.4 is 10.4 Å². The fourth-order valence-electron chi connectivity index (χ4n) is 1.34. The van der Waals surface area contributed by atoms with Crippen molar-refractivity contribution in [1.29, 1.82) is 0 Å². The monoisotopic (exact) mass is 247 g/mol. The first kappa shape index (κ1) is 12.6. The van der Waals surface area contributed by atoms with Crippen LogP contribution in [-0.4, -0.2) is 6.54 Å². The second kappa shape index (κ2) is 5.59. The van der Waals surface area contributed by atoms with Crippen molar-refractivity contribution < 1.29 is 10.4 Å². The van der Waals surface area contributed by atoms with E-state index in [1.165, 1.54) is 6.07 Å². The SMILES string of the molecule is CC(C)C[NH2+]Cc1cc(Cl)cc(Cl)c1[O-]. The highest BCUT2D eigenvalue weighted by atomic mass is 35.5. The number of hydrogen-bond acceptors (Lipinski definition) is 1. The average molecular weight is 248 g/mol. The van der Waals surface area contributed by atoms with Gasteiger partial charge in [0.2, 0.25) is 0 Å². The molecular weight excluding hydrogens is 233 g/mol. The van der Waals surface area contributed by atoms with Gasteiger partial charge in [-0.15, -0.1) is 0 Å². The largest absolute Gasteiger partial charge is 0.871 e. The molecule has 0 saturated carbocycles. The Labute approximate surface area is 100 Å². The first-order chi connectivity index (χ1) is 7.00. The van der Waals surface area contributed by atoms with Crippen molar-refractivity contribution in [2.24, 2.45) is 5.92 Å². The normalized spacial score (nSPS) is 11.0. The lowest BCUT2D eigenvalue weighted by molar-refractivity contribution is -0.675. The van der Waals surface area contributed by atoms with Crippen LogP contribution in [-0.2, 0) is 6.54 Å². The van der Waals surface area contributed by atoms with Gasteiger partial charge in [0, 0.05) is 21.5 Å². The van der Waals surface area contributed by atoms with E-state index in [1.54, 1.807) is 6.07 Å². The van der Waals surface area contributed by atoms with Crippen molar-refractivity contribution in [1.82, 2.24) is 0 Å². The van der Waals surface area contributed by atoms with Gasteiger partial charge >= 0.3 is 0 Å². The average Bonchev–Trinajstić information content (AvgIpc) is 2.12. The molecule has 15 heavy (non-hydrogen) atoms. The van der Waals surface area contributed by atoms with E-state index in [1.807, 2.05) is 0 Å². The third kappa shape index (κ3) is 3.90. The van der Waals surface area contributed by atoms with Gasteiger partial charge in [0.05, 0.1) is 6.54 Å². The predicted octanol–water partition coefficient (Wildman–Crippen LogP) is 1.79. The first-order valence-electron chi connectivity index (χ1n) is 4.97. The van der Waals surface area contributed by atoms with Gasteiger partial charge in [0.1, 0.15) is 6.54 Å². The Kier molecular flexibility index (Phi) is 4.71. The Balaban J connectivity index is 2.68. The van der Waals surface area contributed by atoms with E-state index in [0.717, 1.165) is 6.54 Å². The summed E-state index contributed by atoms with van der Waals surface area (Å²) >= 11 is 11.6. The maximum atomic E-state index is 11.6. The smallest absolute Gasteiger partial charge is 0.101 e. The number of benzene rings is 1. The minimum absolute atomic E-state index is 0.110. The molecule has 2 nitrogen and oxygen atoms in total. The summed E-state index contributed by atoms with van der Waals surface area (Å²) < 4.78 is 0. The molecule has 0 heterocycles. The predicted molar refractivity (Wildman–Crippen MR) is 61.2 cm³/mol.